The Bertz CT molecular complexity index is 361. The van der Waals surface area contributed by atoms with Gasteiger partial charge >= 0.3 is 0 Å². The van der Waals surface area contributed by atoms with Crippen molar-refractivity contribution in [2.24, 2.45) is 0 Å². The second-order valence-electron chi connectivity index (χ2n) is 4.74. The van der Waals surface area contributed by atoms with Crippen molar-refractivity contribution in [1.82, 2.24) is 0 Å². The van der Waals surface area contributed by atoms with Gasteiger partial charge in [-0.05, 0) is 46.8 Å². The molecule has 3 heteroatoms. The molecule has 96 valence electrons. The van der Waals surface area contributed by atoms with E-state index >= 15 is 0 Å². The van der Waals surface area contributed by atoms with E-state index < -0.39 is 0 Å². The number of hydrogen-bond acceptors (Lipinski definition) is 3. The molecule has 0 aliphatic rings. The Morgan fingerprint density at radius 1 is 1.24 bits per heavy atom. The van der Waals surface area contributed by atoms with Crippen LogP contribution in [0.4, 0.5) is 11.4 Å². The van der Waals surface area contributed by atoms with Gasteiger partial charge in [0.2, 0.25) is 0 Å². The van der Waals surface area contributed by atoms with Crippen LogP contribution in [0.2, 0.25) is 0 Å². The smallest absolute Gasteiger partial charge is 0.144 e. The summed E-state index contributed by atoms with van der Waals surface area (Å²) in [6.07, 6.45) is 0.140. The van der Waals surface area contributed by atoms with Gasteiger partial charge in [0.25, 0.3) is 0 Å². The Labute approximate surface area is 105 Å². The lowest BCUT2D eigenvalue weighted by Gasteiger charge is -2.29. The van der Waals surface area contributed by atoms with E-state index in [1.54, 1.807) is 0 Å². The first-order chi connectivity index (χ1) is 7.97. The van der Waals surface area contributed by atoms with E-state index in [2.05, 4.69) is 25.7 Å². The summed E-state index contributed by atoms with van der Waals surface area (Å²) in [4.78, 5) is 2.27. The summed E-state index contributed by atoms with van der Waals surface area (Å²) < 4.78 is 5.71. The number of benzene rings is 1. The second-order valence-corrected chi connectivity index (χ2v) is 4.74. The van der Waals surface area contributed by atoms with Crippen molar-refractivity contribution in [1.29, 1.82) is 0 Å². The van der Waals surface area contributed by atoms with E-state index in [0.29, 0.717) is 6.04 Å². The lowest BCUT2D eigenvalue weighted by atomic mass is 10.2. The Balaban J connectivity index is 3.08. The van der Waals surface area contributed by atoms with Crippen LogP contribution in [0.15, 0.2) is 18.2 Å². The third kappa shape index (κ3) is 3.29. The number of nitrogens with two attached hydrogens (primary N) is 1. The summed E-state index contributed by atoms with van der Waals surface area (Å²) in [5.41, 5.74) is 7.97. The molecule has 0 bridgehead atoms. The molecule has 0 saturated heterocycles. The molecule has 3 nitrogen and oxygen atoms in total. The molecule has 0 aliphatic heterocycles. The number of nitrogens with zero attached hydrogens (tertiary/aromatic N) is 1. The Kier molecular flexibility index (Phi) is 4.67. The van der Waals surface area contributed by atoms with Crippen LogP contribution in [0.1, 0.15) is 34.6 Å². The molecule has 0 amide bonds. The van der Waals surface area contributed by atoms with Crippen LogP contribution in [0.5, 0.6) is 5.75 Å². The molecule has 0 aromatic heterocycles. The Morgan fingerprint density at radius 2 is 1.88 bits per heavy atom. The maximum atomic E-state index is 6.18. The molecule has 0 saturated carbocycles. The summed E-state index contributed by atoms with van der Waals surface area (Å²) in [6.45, 7) is 11.4. The average Bonchev–Trinajstić information content (AvgIpc) is 2.23. The molecule has 1 aromatic carbocycles. The SMILES string of the molecule is CCN(c1cccc(OC(C)C)c1N)C(C)C. The molecule has 0 atom stereocenters. The van der Waals surface area contributed by atoms with E-state index in [9.17, 15) is 0 Å². The van der Waals surface area contributed by atoms with Crippen molar-refractivity contribution in [3.05, 3.63) is 18.2 Å². The summed E-state index contributed by atoms with van der Waals surface area (Å²) in [7, 11) is 0. The number of anilines is 2. The van der Waals surface area contributed by atoms with E-state index in [-0.39, 0.29) is 6.10 Å². The zero-order chi connectivity index (χ0) is 13.0. The highest BCUT2D eigenvalue weighted by atomic mass is 16.5. The molecular formula is C14H24N2O. The quantitative estimate of drug-likeness (QED) is 0.797. The number of ether oxygens (including phenoxy) is 1. The van der Waals surface area contributed by atoms with Crippen LogP contribution in [0.3, 0.4) is 0 Å². The predicted octanol–water partition coefficient (Wildman–Crippen LogP) is 3.29. The summed E-state index contributed by atoms with van der Waals surface area (Å²) >= 11 is 0. The molecule has 0 fully saturated rings. The molecule has 0 spiro atoms. The lowest BCUT2D eigenvalue weighted by molar-refractivity contribution is 0.244. The second kappa shape index (κ2) is 5.80. The topological polar surface area (TPSA) is 38.5 Å². The maximum absolute atomic E-state index is 6.18. The van der Waals surface area contributed by atoms with E-state index in [1.807, 2.05) is 32.0 Å². The minimum Gasteiger partial charge on any atom is -0.489 e. The fraction of sp³-hybridized carbons (Fsp3) is 0.571. The van der Waals surface area contributed by atoms with Gasteiger partial charge in [0.15, 0.2) is 0 Å². The van der Waals surface area contributed by atoms with Crippen molar-refractivity contribution in [2.45, 2.75) is 46.8 Å². The molecule has 0 radical (unpaired) electrons. The Hall–Kier alpha value is -1.38. The number of para-hydroxylation sites is 1. The van der Waals surface area contributed by atoms with Crippen LogP contribution >= 0.6 is 0 Å². The Morgan fingerprint density at radius 3 is 2.35 bits per heavy atom. The van der Waals surface area contributed by atoms with Gasteiger partial charge in [-0.25, -0.2) is 0 Å². The lowest BCUT2D eigenvalue weighted by Crippen LogP contribution is -2.31. The van der Waals surface area contributed by atoms with E-state index in [1.165, 1.54) is 0 Å². The molecule has 1 aromatic rings. The zero-order valence-electron chi connectivity index (χ0n) is 11.5. The highest BCUT2D eigenvalue weighted by Crippen LogP contribution is 2.33. The first kappa shape index (κ1) is 13.7. The molecule has 0 unspecified atom stereocenters. The van der Waals surface area contributed by atoms with Crippen molar-refractivity contribution < 1.29 is 4.74 Å². The first-order valence-electron chi connectivity index (χ1n) is 6.29. The predicted molar refractivity (Wildman–Crippen MR) is 74.8 cm³/mol. The van der Waals surface area contributed by atoms with Crippen LogP contribution < -0.4 is 15.4 Å². The third-order valence-electron chi connectivity index (χ3n) is 2.68. The molecule has 0 aliphatic carbocycles. The van der Waals surface area contributed by atoms with E-state index in [0.717, 1.165) is 23.7 Å². The van der Waals surface area contributed by atoms with Gasteiger partial charge in [0.05, 0.1) is 17.5 Å². The summed E-state index contributed by atoms with van der Waals surface area (Å²) in [6, 6.07) is 6.39. The molecule has 17 heavy (non-hydrogen) atoms. The minimum atomic E-state index is 0.140. The van der Waals surface area contributed by atoms with Crippen LogP contribution in [-0.4, -0.2) is 18.7 Å². The van der Waals surface area contributed by atoms with Gasteiger partial charge in [0, 0.05) is 12.6 Å². The molecule has 2 N–H and O–H groups in total. The van der Waals surface area contributed by atoms with Crippen molar-refractivity contribution in [2.75, 3.05) is 17.2 Å². The van der Waals surface area contributed by atoms with Gasteiger partial charge in [0.1, 0.15) is 5.75 Å². The molecular weight excluding hydrogens is 212 g/mol. The third-order valence-corrected chi connectivity index (χ3v) is 2.68. The highest BCUT2D eigenvalue weighted by Gasteiger charge is 2.14. The summed E-state index contributed by atoms with van der Waals surface area (Å²) in [5, 5.41) is 0. The van der Waals surface area contributed by atoms with Crippen LogP contribution in [0.25, 0.3) is 0 Å². The molecule has 1 rings (SSSR count). The van der Waals surface area contributed by atoms with Crippen LogP contribution in [-0.2, 0) is 0 Å². The highest BCUT2D eigenvalue weighted by molar-refractivity contribution is 5.74. The van der Waals surface area contributed by atoms with Gasteiger partial charge in [-0.3, -0.25) is 0 Å². The minimum absolute atomic E-state index is 0.140. The monoisotopic (exact) mass is 236 g/mol. The zero-order valence-corrected chi connectivity index (χ0v) is 11.5. The number of hydrogen-bond donors (Lipinski definition) is 1. The van der Waals surface area contributed by atoms with E-state index in [4.69, 9.17) is 10.5 Å². The fourth-order valence-corrected chi connectivity index (χ4v) is 1.95. The number of nitrogen functional groups attached to an aromatic ring is 1. The van der Waals surface area contributed by atoms with Crippen molar-refractivity contribution in [3.63, 3.8) is 0 Å². The fourth-order valence-electron chi connectivity index (χ4n) is 1.95. The van der Waals surface area contributed by atoms with Crippen molar-refractivity contribution >= 4 is 11.4 Å². The van der Waals surface area contributed by atoms with Crippen molar-refractivity contribution in [3.8, 4) is 5.75 Å². The number of rotatable bonds is 5. The van der Waals surface area contributed by atoms with Gasteiger partial charge in [-0.15, -0.1) is 0 Å². The average molecular weight is 236 g/mol. The van der Waals surface area contributed by atoms with Gasteiger partial charge in [-0.2, -0.15) is 0 Å². The normalized spacial score (nSPS) is 11.0. The maximum Gasteiger partial charge on any atom is 0.144 e. The van der Waals surface area contributed by atoms with Crippen LogP contribution in [0, 0.1) is 0 Å². The molecule has 0 heterocycles. The standard InChI is InChI=1S/C14H24N2O/c1-6-16(10(2)3)12-8-7-9-13(14(12)15)17-11(4)5/h7-11H,6,15H2,1-5H3. The largest absolute Gasteiger partial charge is 0.489 e. The summed E-state index contributed by atoms with van der Waals surface area (Å²) in [5.74, 6) is 0.775. The van der Waals surface area contributed by atoms with Gasteiger partial charge < -0.3 is 15.4 Å². The van der Waals surface area contributed by atoms with Gasteiger partial charge in [-0.1, -0.05) is 6.07 Å². The first-order valence-corrected chi connectivity index (χ1v) is 6.29.